The number of hydrogen-bond acceptors (Lipinski definition) is 3. The van der Waals surface area contributed by atoms with E-state index in [1.165, 1.54) is 13.0 Å². The van der Waals surface area contributed by atoms with Crippen LogP contribution in [0, 0.1) is 0 Å². The third-order valence-electron chi connectivity index (χ3n) is 2.86. The zero-order valence-electron chi connectivity index (χ0n) is 8.90. The summed E-state index contributed by atoms with van der Waals surface area (Å²) >= 11 is 0. The molecular weight excluding hydrogens is 176 g/mol. The topological polar surface area (TPSA) is 33.1 Å². The standard InChI is InChI=1S/C10H18N4/c1-13-5-3-9(8-13)12-7-10-11-4-6-14(10)2/h4,6,9,12H,3,5,7-8H2,1-2H3. The molecule has 0 aliphatic carbocycles. The van der Waals surface area contributed by atoms with Crippen molar-refractivity contribution < 1.29 is 0 Å². The van der Waals surface area contributed by atoms with Gasteiger partial charge in [0.25, 0.3) is 0 Å². The van der Waals surface area contributed by atoms with Crippen LogP contribution in [0.25, 0.3) is 0 Å². The van der Waals surface area contributed by atoms with Crippen molar-refractivity contribution >= 4 is 0 Å². The maximum absolute atomic E-state index is 4.28. The highest BCUT2D eigenvalue weighted by Crippen LogP contribution is 2.06. The van der Waals surface area contributed by atoms with E-state index in [9.17, 15) is 0 Å². The molecule has 1 N–H and O–H groups in total. The van der Waals surface area contributed by atoms with Crippen molar-refractivity contribution in [2.75, 3.05) is 20.1 Å². The van der Waals surface area contributed by atoms with Gasteiger partial charge in [0, 0.05) is 32.0 Å². The summed E-state index contributed by atoms with van der Waals surface area (Å²) in [6, 6.07) is 0.636. The van der Waals surface area contributed by atoms with Gasteiger partial charge in [-0.25, -0.2) is 4.98 Å². The van der Waals surface area contributed by atoms with Crippen molar-refractivity contribution in [3.8, 4) is 0 Å². The lowest BCUT2D eigenvalue weighted by Crippen LogP contribution is -2.31. The zero-order chi connectivity index (χ0) is 9.97. The third-order valence-corrected chi connectivity index (χ3v) is 2.86. The lowest BCUT2D eigenvalue weighted by Gasteiger charge is -2.12. The molecule has 0 saturated carbocycles. The number of nitrogens with one attached hydrogen (secondary N) is 1. The average molecular weight is 194 g/mol. The molecule has 1 aromatic heterocycles. The van der Waals surface area contributed by atoms with Crippen molar-refractivity contribution in [1.82, 2.24) is 19.8 Å². The lowest BCUT2D eigenvalue weighted by molar-refractivity contribution is 0.396. The Morgan fingerprint density at radius 2 is 2.43 bits per heavy atom. The van der Waals surface area contributed by atoms with Crippen molar-refractivity contribution in [2.24, 2.45) is 7.05 Å². The van der Waals surface area contributed by atoms with Crippen molar-refractivity contribution in [3.05, 3.63) is 18.2 Å². The minimum Gasteiger partial charge on any atom is -0.337 e. The van der Waals surface area contributed by atoms with E-state index in [4.69, 9.17) is 0 Å². The summed E-state index contributed by atoms with van der Waals surface area (Å²) in [6.45, 7) is 3.24. The number of rotatable bonds is 3. The van der Waals surface area contributed by atoms with E-state index >= 15 is 0 Å². The number of nitrogens with zero attached hydrogens (tertiary/aromatic N) is 3. The van der Waals surface area contributed by atoms with Crippen LogP contribution < -0.4 is 5.32 Å². The second kappa shape index (κ2) is 4.11. The first-order valence-corrected chi connectivity index (χ1v) is 5.14. The normalized spacial score (nSPS) is 23.1. The molecule has 2 rings (SSSR count). The molecule has 4 nitrogen and oxygen atoms in total. The summed E-state index contributed by atoms with van der Waals surface area (Å²) in [4.78, 5) is 6.64. The highest BCUT2D eigenvalue weighted by atomic mass is 15.2. The maximum Gasteiger partial charge on any atom is 0.122 e. The summed E-state index contributed by atoms with van der Waals surface area (Å²) in [5.74, 6) is 1.11. The summed E-state index contributed by atoms with van der Waals surface area (Å²) in [5, 5.41) is 3.53. The third kappa shape index (κ3) is 2.13. The van der Waals surface area contributed by atoms with E-state index in [2.05, 4.69) is 26.8 Å². The number of hydrogen-bond donors (Lipinski definition) is 1. The van der Waals surface area contributed by atoms with E-state index in [-0.39, 0.29) is 0 Å². The molecule has 0 aromatic carbocycles. The Bertz CT molecular complexity index is 294. The Hall–Kier alpha value is -0.870. The summed E-state index contributed by atoms with van der Waals surface area (Å²) in [7, 11) is 4.20. The van der Waals surface area contributed by atoms with E-state index in [0.717, 1.165) is 18.9 Å². The fourth-order valence-corrected chi connectivity index (χ4v) is 1.90. The molecule has 1 fully saturated rings. The van der Waals surface area contributed by atoms with Gasteiger partial charge in [0.1, 0.15) is 5.82 Å². The lowest BCUT2D eigenvalue weighted by atomic mass is 10.2. The van der Waals surface area contributed by atoms with Crippen LogP contribution in [0.15, 0.2) is 12.4 Å². The highest BCUT2D eigenvalue weighted by molar-refractivity contribution is 4.91. The first-order valence-electron chi connectivity index (χ1n) is 5.14. The van der Waals surface area contributed by atoms with E-state index < -0.39 is 0 Å². The van der Waals surface area contributed by atoms with Gasteiger partial charge < -0.3 is 14.8 Å². The van der Waals surface area contributed by atoms with Crippen LogP contribution in [-0.2, 0) is 13.6 Å². The van der Waals surface area contributed by atoms with Gasteiger partial charge in [-0.1, -0.05) is 0 Å². The molecule has 1 atom stereocenters. The first-order chi connectivity index (χ1) is 6.75. The van der Waals surface area contributed by atoms with Crippen molar-refractivity contribution in [1.29, 1.82) is 0 Å². The van der Waals surface area contributed by atoms with Crippen LogP contribution in [0.3, 0.4) is 0 Å². The predicted octanol–water partition coefficient (Wildman–Crippen LogP) is 0.214. The molecule has 78 valence electrons. The zero-order valence-corrected chi connectivity index (χ0v) is 8.90. The predicted molar refractivity (Wildman–Crippen MR) is 55.9 cm³/mol. The van der Waals surface area contributed by atoms with Crippen LogP contribution >= 0.6 is 0 Å². The molecule has 0 spiro atoms. The molecule has 14 heavy (non-hydrogen) atoms. The number of likely N-dealkylation sites (tertiary alicyclic amines) is 1. The Labute approximate surface area is 84.9 Å². The number of imidazole rings is 1. The van der Waals surface area contributed by atoms with Crippen LogP contribution in [0.1, 0.15) is 12.2 Å². The second-order valence-corrected chi connectivity index (χ2v) is 4.08. The second-order valence-electron chi connectivity index (χ2n) is 4.08. The summed E-state index contributed by atoms with van der Waals surface area (Å²) < 4.78 is 2.06. The maximum atomic E-state index is 4.28. The molecule has 0 radical (unpaired) electrons. The summed E-state index contributed by atoms with van der Waals surface area (Å²) in [6.07, 6.45) is 5.08. The van der Waals surface area contributed by atoms with Gasteiger partial charge in [0.05, 0.1) is 6.54 Å². The Morgan fingerprint density at radius 1 is 1.57 bits per heavy atom. The quantitative estimate of drug-likeness (QED) is 0.747. The largest absolute Gasteiger partial charge is 0.337 e. The van der Waals surface area contributed by atoms with Crippen LogP contribution in [0.4, 0.5) is 0 Å². The van der Waals surface area contributed by atoms with Crippen LogP contribution in [0.5, 0.6) is 0 Å². The Balaban J connectivity index is 1.80. The molecular formula is C10H18N4. The molecule has 1 aliphatic heterocycles. The minimum atomic E-state index is 0.636. The first kappa shape index (κ1) is 9.68. The molecule has 1 aromatic rings. The van der Waals surface area contributed by atoms with Crippen LogP contribution in [-0.4, -0.2) is 40.6 Å². The van der Waals surface area contributed by atoms with E-state index in [1.807, 2.05) is 19.4 Å². The van der Waals surface area contributed by atoms with E-state index in [0.29, 0.717) is 6.04 Å². The van der Waals surface area contributed by atoms with Gasteiger partial charge in [0.15, 0.2) is 0 Å². The van der Waals surface area contributed by atoms with Crippen molar-refractivity contribution in [3.63, 3.8) is 0 Å². The Morgan fingerprint density at radius 3 is 3.00 bits per heavy atom. The molecule has 1 unspecified atom stereocenters. The number of likely N-dealkylation sites (N-methyl/N-ethyl adjacent to an activating group) is 1. The van der Waals surface area contributed by atoms with Gasteiger partial charge in [-0.05, 0) is 20.0 Å². The van der Waals surface area contributed by atoms with Crippen molar-refractivity contribution in [2.45, 2.75) is 19.0 Å². The molecule has 4 heteroatoms. The highest BCUT2D eigenvalue weighted by Gasteiger charge is 2.18. The monoisotopic (exact) mass is 194 g/mol. The molecule has 0 amide bonds. The number of aromatic nitrogens is 2. The van der Waals surface area contributed by atoms with Gasteiger partial charge in [-0.2, -0.15) is 0 Å². The molecule has 0 bridgehead atoms. The number of aryl methyl sites for hydroxylation is 1. The Kier molecular flexibility index (Phi) is 2.84. The summed E-state index contributed by atoms with van der Waals surface area (Å²) in [5.41, 5.74) is 0. The molecule has 1 saturated heterocycles. The van der Waals surface area contributed by atoms with Crippen LogP contribution in [0.2, 0.25) is 0 Å². The fraction of sp³-hybridized carbons (Fsp3) is 0.700. The smallest absolute Gasteiger partial charge is 0.122 e. The molecule has 2 heterocycles. The average Bonchev–Trinajstić information content (AvgIpc) is 2.72. The molecule has 1 aliphatic rings. The van der Waals surface area contributed by atoms with Gasteiger partial charge >= 0.3 is 0 Å². The van der Waals surface area contributed by atoms with Gasteiger partial charge in [-0.15, -0.1) is 0 Å². The van der Waals surface area contributed by atoms with Gasteiger partial charge in [-0.3, -0.25) is 0 Å². The fourth-order valence-electron chi connectivity index (χ4n) is 1.90. The SMILES string of the molecule is CN1CCC(NCc2nccn2C)C1. The van der Waals surface area contributed by atoms with Gasteiger partial charge in [0.2, 0.25) is 0 Å². The van der Waals surface area contributed by atoms with E-state index in [1.54, 1.807) is 0 Å². The minimum absolute atomic E-state index is 0.636.